The molecule has 0 saturated carbocycles. The highest BCUT2D eigenvalue weighted by atomic mass is 19.4. The smallest absolute Gasteiger partial charge is 0.383 e. The number of aromatic nitrogens is 2. The molecule has 118 valence electrons. The Balaban J connectivity index is 2.91. The van der Waals surface area contributed by atoms with Gasteiger partial charge in [0.15, 0.2) is 5.82 Å². The van der Waals surface area contributed by atoms with E-state index in [2.05, 4.69) is 5.10 Å². The lowest BCUT2D eigenvalue weighted by Gasteiger charge is -2.17. The van der Waals surface area contributed by atoms with Crippen molar-refractivity contribution in [2.45, 2.75) is 19.1 Å². The second-order valence-electron chi connectivity index (χ2n) is 5.01. The van der Waals surface area contributed by atoms with Gasteiger partial charge in [-0.15, -0.1) is 0 Å². The van der Waals surface area contributed by atoms with Crippen LogP contribution in [0.25, 0.3) is 0 Å². The SMILES string of the molecule is CN(C)CCn1nc(N(C)CCC(F)(F)F)c(C#N)c1N. The lowest BCUT2D eigenvalue weighted by molar-refractivity contribution is -0.132. The molecule has 0 fully saturated rings. The van der Waals surface area contributed by atoms with E-state index in [1.54, 1.807) is 0 Å². The Morgan fingerprint density at radius 3 is 2.38 bits per heavy atom. The Labute approximate surface area is 121 Å². The summed E-state index contributed by atoms with van der Waals surface area (Å²) in [5.74, 6) is 0.353. The maximum absolute atomic E-state index is 12.3. The maximum Gasteiger partial charge on any atom is 0.390 e. The van der Waals surface area contributed by atoms with Gasteiger partial charge in [0.05, 0.1) is 13.0 Å². The second kappa shape index (κ2) is 6.67. The predicted molar refractivity (Wildman–Crippen MR) is 73.9 cm³/mol. The molecule has 0 aliphatic carbocycles. The highest BCUT2D eigenvalue weighted by Crippen LogP contribution is 2.26. The third-order valence-corrected chi connectivity index (χ3v) is 2.94. The van der Waals surface area contributed by atoms with Crippen molar-refractivity contribution in [2.75, 3.05) is 44.9 Å². The molecule has 21 heavy (non-hydrogen) atoms. The van der Waals surface area contributed by atoms with E-state index in [-0.39, 0.29) is 23.7 Å². The summed E-state index contributed by atoms with van der Waals surface area (Å²) in [6, 6.07) is 1.91. The number of nitrogens with two attached hydrogens (primary N) is 1. The fourth-order valence-corrected chi connectivity index (χ4v) is 1.70. The van der Waals surface area contributed by atoms with Crippen molar-refractivity contribution in [3.63, 3.8) is 0 Å². The van der Waals surface area contributed by atoms with Crippen LogP contribution in [-0.4, -0.2) is 55.1 Å². The molecule has 1 heterocycles. The third-order valence-electron chi connectivity index (χ3n) is 2.94. The molecule has 1 aromatic heterocycles. The van der Waals surface area contributed by atoms with Crippen molar-refractivity contribution in [1.82, 2.24) is 14.7 Å². The van der Waals surface area contributed by atoms with Crippen molar-refractivity contribution in [1.29, 1.82) is 5.26 Å². The first kappa shape index (κ1) is 17.1. The minimum atomic E-state index is -4.25. The van der Waals surface area contributed by atoms with Crippen LogP contribution in [0.3, 0.4) is 0 Å². The van der Waals surface area contributed by atoms with Crippen molar-refractivity contribution < 1.29 is 13.2 Å². The number of hydrogen-bond donors (Lipinski definition) is 1. The molecule has 1 rings (SSSR count). The molecule has 0 radical (unpaired) electrons. The normalized spacial score (nSPS) is 11.7. The zero-order valence-electron chi connectivity index (χ0n) is 12.3. The first-order valence-electron chi connectivity index (χ1n) is 6.34. The number of alkyl halides is 3. The van der Waals surface area contributed by atoms with Crippen LogP contribution < -0.4 is 10.6 Å². The second-order valence-corrected chi connectivity index (χ2v) is 5.01. The van der Waals surface area contributed by atoms with Gasteiger partial charge >= 0.3 is 6.18 Å². The van der Waals surface area contributed by atoms with Gasteiger partial charge in [-0.05, 0) is 14.1 Å². The molecule has 0 aromatic carbocycles. The fraction of sp³-hybridized carbons (Fsp3) is 0.667. The molecule has 0 saturated heterocycles. The van der Waals surface area contributed by atoms with E-state index in [1.807, 2.05) is 25.1 Å². The van der Waals surface area contributed by atoms with Gasteiger partial charge in [0.2, 0.25) is 0 Å². The summed E-state index contributed by atoms with van der Waals surface area (Å²) in [6.07, 6.45) is -5.22. The third kappa shape index (κ3) is 4.82. The van der Waals surface area contributed by atoms with Gasteiger partial charge in [0.25, 0.3) is 0 Å². The van der Waals surface area contributed by atoms with Gasteiger partial charge in [-0.25, -0.2) is 4.68 Å². The summed E-state index contributed by atoms with van der Waals surface area (Å²) < 4.78 is 38.2. The average Bonchev–Trinajstić information content (AvgIpc) is 2.69. The van der Waals surface area contributed by atoms with Crippen LogP contribution in [-0.2, 0) is 6.54 Å². The molecule has 6 nitrogen and oxygen atoms in total. The van der Waals surface area contributed by atoms with Gasteiger partial charge in [-0.1, -0.05) is 0 Å². The zero-order valence-corrected chi connectivity index (χ0v) is 12.3. The molecule has 0 unspecified atom stereocenters. The van der Waals surface area contributed by atoms with Gasteiger partial charge < -0.3 is 15.5 Å². The minimum Gasteiger partial charge on any atom is -0.383 e. The molecule has 0 bridgehead atoms. The average molecular weight is 304 g/mol. The van der Waals surface area contributed by atoms with E-state index in [0.717, 1.165) is 0 Å². The number of likely N-dealkylation sites (N-methyl/N-ethyl adjacent to an activating group) is 1. The van der Waals surface area contributed by atoms with Crippen LogP contribution in [0.4, 0.5) is 24.8 Å². The van der Waals surface area contributed by atoms with Crippen LogP contribution in [0, 0.1) is 11.3 Å². The largest absolute Gasteiger partial charge is 0.390 e. The standard InChI is InChI=1S/C12H19F3N6/c1-19(2)6-7-21-10(17)9(8-16)11(18-21)20(3)5-4-12(13,14)15/h4-7,17H2,1-3H3. The number of nitriles is 1. The number of hydrogen-bond acceptors (Lipinski definition) is 5. The highest BCUT2D eigenvalue weighted by Gasteiger charge is 2.28. The molecule has 0 atom stereocenters. The van der Waals surface area contributed by atoms with Gasteiger partial charge in [0, 0.05) is 20.1 Å². The lowest BCUT2D eigenvalue weighted by Crippen LogP contribution is -2.25. The number of halogens is 3. The van der Waals surface area contributed by atoms with E-state index < -0.39 is 12.6 Å². The summed E-state index contributed by atoms with van der Waals surface area (Å²) in [5, 5.41) is 13.3. The number of anilines is 2. The van der Waals surface area contributed by atoms with E-state index in [9.17, 15) is 13.2 Å². The van der Waals surface area contributed by atoms with Crippen LogP contribution >= 0.6 is 0 Å². The first-order chi connectivity index (χ1) is 9.65. The summed E-state index contributed by atoms with van der Waals surface area (Å²) in [7, 11) is 5.22. The Morgan fingerprint density at radius 1 is 1.29 bits per heavy atom. The summed E-state index contributed by atoms with van der Waals surface area (Å²) in [5.41, 5.74) is 5.94. The van der Waals surface area contributed by atoms with Gasteiger partial charge in [-0.2, -0.15) is 23.5 Å². The topological polar surface area (TPSA) is 74.1 Å². The van der Waals surface area contributed by atoms with E-state index in [4.69, 9.17) is 11.0 Å². The van der Waals surface area contributed by atoms with Crippen molar-refractivity contribution >= 4 is 11.6 Å². The zero-order chi connectivity index (χ0) is 16.2. The Kier molecular flexibility index (Phi) is 5.43. The van der Waals surface area contributed by atoms with Crippen molar-refractivity contribution in [3.05, 3.63) is 5.56 Å². The molecule has 0 amide bonds. The molecule has 1 aromatic rings. The number of nitrogen functional groups attached to an aromatic ring is 1. The summed E-state index contributed by atoms with van der Waals surface area (Å²) >= 11 is 0. The van der Waals surface area contributed by atoms with Crippen LogP contribution in [0.15, 0.2) is 0 Å². The van der Waals surface area contributed by atoms with Crippen molar-refractivity contribution in [3.8, 4) is 6.07 Å². The van der Waals surface area contributed by atoms with Crippen LogP contribution in [0.1, 0.15) is 12.0 Å². The molecule has 0 spiro atoms. The van der Waals surface area contributed by atoms with E-state index in [1.165, 1.54) is 16.6 Å². The summed E-state index contributed by atoms with van der Waals surface area (Å²) in [6.45, 7) is 0.839. The molecule has 2 N–H and O–H groups in total. The lowest BCUT2D eigenvalue weighted by atomic mass is 10.3. The highest BCUT2D eigenvalue weighted by molar-refractivity contribution is 5.64. The molecule has 0 aliphatic rings. The number of rotatable bonds is 6. The van der Waals surface area contributed by atoms with Crippen LogP contribution in [0.2, 0.25) is 0 Å². The Bertz CT molecular complexity index is 514. The summed E-state index contributed by atoms with van der Waals surface area (Å²) in [4.78, 5) is 3.22. The predicted octanol–water partition coefficient (Wildman–Crippen LogP) is 1.29. The van der Waals surface area contributed by atoms with E-state index >= 15 is 0 Å². The van der Waals surface area contributed by atoms with Crippen LogP contribution in [0.5, 0.6) is 0 Å². The quantitative estimate of drug-likeness (QED) is 0.857. The first-order valence-corrected chi connectivity index (χ1v) is 6.34. The van der Waals surface area contributed by atoms with Gasteiger partial charge in [-0.3, -0.25) is 0 Å². The van der Waals surface area contributed by atoms with Gasteiger partial charge in [0.1, 0.15) is 17.5 Å². The Morgan fingerprint density at radius 2 is 1.90 bits per heavy atom. The molecule has 9 heteroatoms. The fourth-order valence-electron chi connectivity index (χ4n) is 1.70. The monoisotopic (exact) mass is 304 g/mol. The molecular weight excluding hydrogens is 285 g/mol. The maximum atomic E-state index is 12.3. The molecular formula is C12H19F3N6. The minimum absolute atomic E-state index is 0.110. The number of nitrogens with zero attached hydrogens (tertiary/aromatic N) is 5. The molecule has 0 aliphatic heterocycles. The van der Waals surface area contributed by atoms with E-state index in [0.29, 0.717) is 13.1 Å². The van der Waals surface area contributed by atoms with Crippen molar-refractivity contribution in [2.24, 2.45) is 0 Å². The Hall–Kier alpha value is -1.95.